The van der Waals surface area contributed by atoms with Crippen LogP contribution in [0.3, 0.4) is 0 Å². The molecule has 7 heteroatoms. The summed E-state index contributed by atoms with van der Waals surface area (Å²) in [6, 6.07) is 14.8. The fourth-order valence-electron chi connectivity index (χ4n) is 1.96. The van der Waals surface area contributed by atoms with Crippen LogP contribution in [-0.4, -0.2) is 18.0 Å². The van der Waals surface area contributed by atoms with Gasteiger partial charge in [-0.1, -0.05) is 30.3 Å². The van der Waals surface area contributed by atoms with Crippen molar-refractivity contribution in [1.82, 2.24) is 0 Å². The van der Waals surface area contributed by atoms with E-state index in [-0.39, 0.29) is 22.7 Å². The number of ether oxygens (including phenoxy) is 1. The molecule has 0 aliphatic heterocycles. The van der Waals surface area contributed by atoms with Gasteiger partial charge >= 0.3 is 6.36 Å². The number of carbonyl (C=O) groups is 1. The third-order valence-corrected chi connectivity index (χ3v) is 4.31. The number of amides is 1. The van der Waals surface area contributed by atoms with Crippen LogP contribution < -0.4 is 10.1 Å². The van der Waals surface area contributed by atoms with Crippen LogP contribution in [0.5, 0.6) is 5.75 Å². The van der Waals surface area contributed by atoms with Crippen molar-refractivity contribution in [1.29, 1.82) is 0 Å². The zero-order chi connectivity index (χ0) is 17.6. The van der Waals surface area contributed by atoms with E-state index in [1.165, 1.54) is 23.9 Å². The van der Waals surface area contributed by atoms with Crippen molar-refractivity contribution < 1.29 is 22.7 Å². The second kappa shape index (κ2) is 8.10. The summed E-state index contributed by atoms with van der Waals surface area (Å²) >= 11 is 1.48. The molecule has 1 atom stereocenters. The highest BCUT2D eigenvalue weighted by Gasteiger charge is 2.30. The number of alkyl halides is 3. The Morgan fingerprint density at radius 2 is 1.75 bits per heavy atom. The van der Waals surface area contributed by atoms with Crippen molar-refractivity contribution in [2.24, 2.45) is 0 Å². The molecule has 2 aromatic carbocycles. The molecule has 0 fully saturated rings. The van der Waals surface area contributed by atoms with Gasteiger partial charge in [0.15, 0.2) is 0 Å². The van der Waals surface area contributed by atoms with Gasteiger partial charge < -0.3 is 10.1 Å². The van der Waals surface area contributed by atoms with Crippen molar-refractivity contribution in [3.05, 3.63) is 60.2 Å². The van der Waals surface area contributed by atoms with E-state index < -0.39 is 6.36 Å². The fourth-order valence-corrected chi connectivity index (χ4v) is 2.78. The monoisotopic (exact) mass is 355 g/mol. The van der Waals surface area contributed by atoms with E-state index in [9.17, 15) is 18.0 Å². The van der Waals surface area contributed by atoms with E-state index in [2.05, 4.69) is 10.1 Å². The lowest BCUT2D eigenvalue weighted by Gasteiger charge is -2.12. The molecule has 0 aliphatic carbocycles. The Morgan fingerprint density at radius 3 is 2.33 bits per heavy atom. The number of benzene rings is 2. The summed E-state index contributed by atoms with van der Waals surface area (Å²) in [7, 11) is 0. The van der Waals surface area contributed by atoms with Gasteiger partial charge in [0.05, 0.1) is 5.75 Å². The zero-order valence-electron chi connectivity index (χ0n) is 12.8. The van der Waals surface area contributed by atoms with Crippen molar-refractivity contribution in [3.63, 3.8) is 0 Å². The molecular weight excluding hydrogens is 339 g/mol. The number of thioether (sulfide) groups is 1. The van der Waals surface area contributed by atoms with Crippen LogP contribution in [0.2, 0.25) is 0 Å². The van der Waals surface area contributed by atoms with Gasteiger partial charge in [0.25, 0.3) is 0 Å². The molecule has 0 saturated heterocycles. The summed E-state index contributed by atoms with van der Waals surface area (Å²) in [5.74, 6) is -0.295. The van der Waals surface area contributed by atoms with Gasteiger partial charge in [-0.3, -0.25) is 4.79 Å². The van der Waals surface area contributed by atoms with Crippen LogP contribution in [-0.2, 0) is 4.79 Å². The predicted molar refractivity (Wildman–Crippen MR) is 89.1 cm³/mol. The molecule has 0 saturated carbocycles. The summed E-state index contributed by atoms with van der Waals surface area (Å²) in [5, 5.41) is 2.81. The van der Waals surface area contributed by atoms with Crippen LogP contribution in [0.4, 0.5) is 18.9 Å². The maximum atomic E-state index is 12.1. The standard InChI is InChI=1S/C17H16F3NO2S/c1-12(13-5-3-2-4-6-13)24-11-16(22)21-14-7-9-15(10-8-14)23-17(18,19)20/h2-10,12H,11H2,1H3,(H,21,22)/t12-/m1/s1. The molecule has 2 aromatic rings. The van der Waals surface area contributed by atoms with Gasteiger partial charge in [-0.2, -0.15) is 0 Å². The second-order valence-corrected chi connectivity index (χ2v) is 6.31. The van der Waals surface area contributed by atoms with Gasteiger partial charge in [0.1, 0.15) is 5.75 Å². The summed E-state index contributed by atoms with van der Waals surface area (Å²) < 4.78 is 40.0. The smallest absolute Gasteiger partial charge is 0.406 e. The normalized spacial score (nSPS) is 12.5. The van der Waals surface area contributed by atoms with Gasteiger partial charge in [-0.15, -0.1) is 24.9 Å². The Morgan fingerprint density at radius 1 is 1.12 bits per heavy atom. The minimum Gasteiger partial charge on any atom is -0.406 e. The first-order valence-electron chi connectivity index (χ1n) is 7.16. The molecular formula is C17H16F3NO2S. The summed E-state index contributed by atoms with van der Waals surface area (Å²) in [4.78, 5) is 11.9. The molecule has 0 radical (unpaired) electrons. The first-order chi connectivity index (χ1) is 11.3. The number of hydrogen-bond donors (Lipinski definition) is 1. The average molecular weight is 355 g/mol. The molecule has 0 spiro atoms. The molecule has 0 unspecified atom stereocenters. The van der Waals surface area contributed by atoms with Crippen molar-refractivity contribution in [3.8, 4) is 5.75 Å². The quantitative estimate of drug-likeness (QED) is 0.791. The number of hydrogen-bond acceptors (Lipinski definition) is 3. The maximum Gasteiger partial charge on any atom is 0.573 e. The van der Waals surface area contributed by atoms with Crippen LogP contribution in [0.15, 0.2) is 54.6 Å². The number of rotatable bonds is 6. The summed E-state index contributed by atoms with van der Waals surface area (Å²) in [5.41, 5.74) is 1.55. The number of anilines is 1. The van der Waals surface area contributed by atoms with Crippen LogP contribution in [0, 0.1) is 0 Å². The summed E-state index contributed by atoms with van der Waals surface area (Å²) in [6.45, 7) is 2.01. The number of nitrogens with one attached hydrogen (secondary N) is 1. The SMILES string of the molecule is C[C@@H](SCC(=O)Nc1ccc(OC(F)(F)F)cc1)c1ccccc1. The molecule has 0 aromatic heterocycles. The van der Waals surface area contributed by atoms with Crippen molar-refractivity contribution >= 4 is 23.4 Å². The lowest BCUT2D eigenvalue weighted by atomic mass is 10.2. The van der Waals surface area contributed by atoms with Crippen LogP contribution in [0.25, 0.3) is 0 Å². The van der Waals surface area contributed by atoms with Gasteiger partial charge in [0.2, 0.25) is 5.91 Å². The number of carbonyl (C=O) groups excluding carboxylic acids is 1. The molecule has 0 aliphatic rings. The highest BCUT2D eigenvalue weighted by molar-refractivity contribution is 8.00. The Hall–Kier alpha value is -2.15. The van der Waals surface area contributed by atoms with Gasteiger partial charge in [-0.05, 0) is 36.8 Å². The first-order valence-corrected chi connectivity index (χ1v) is 8.20. The topological polar surface area (TPSA) is 38.3 Å². The Kier molecular flexibility index (Phi) is 6.14. The second-order valence-electron chi connectivity index (χ2n) is 4.98. The zero-order valence-corrected chi connectivity index (χ0v) is 13.7. The lowest BCUT2D eigenvalue weighted by Crippen LogP contribution is -2.17. The maximum absolute atomic E-state index is 12.1. The highest BCUT2D eigenvalue weighted by Crippen LogP contribution is 2.28. The predicted octanol–water partition coefficient (Wildman–Crippen LogP) is 5.02. The van der Waals surface area contributed by atoms with E-state index in [0.29, 0.717) is 5.69 Å². The molecule has 24 heavy (non-hydrogen) atoms. The van der Waals surface area contributed by atoms with Crippen LogP contribution in [0.1, 0.15) is 17.7 Å². The molecule has 2 rings (SSSR count). The minimum absolute atomic E-state index is 0.166. The molecule has 3 nitrogen and oxygen atoms in total. The molecule has 1 N–H and O–H groups in total. The van der Waals surface area contributed by atoms with E-state index in [1.54, 1.807) is 0 Å². The Balaban J connectivity index is 1.82. The van der Waals surface area contributed by atoms with E-state index >= 15 is 0 Å². The molecule has 0 bridgehead atoms. The van der Waals surface area contributed by atoms with E-state index in [1.807, 2.05) is 37.3 Å². The highest BCUT2D eigenvalue weighted by atomic mass is 32.2. The first kappa shape index (κ1) is 18.2. The van der Waals surface area contributed by atoms with Gasteiger partial charge in [0, 0.05) is 10.9 Å². The van der Waals surface area contributed by atoms with E-state index in [4.69, 9.17) is 0 Å². The number of halogens is 3. The lowest BCUT2D eigenvalue weighted by molar-refractivity contribution is -0.274. The van der Waals surface area contributed by atoms with Crippen LogP contribution >= 0.6 is 11.8 Å². The largest absolute Gasteiger partial charge is 0.573 e. The average Bonchev–Trinajstić information content (AvgIpc) is 2.54. The molecule has 128 valence electrons. The fraction of sp³-hybridized carbons (Fsp3) is 0.235. The Bertz CT molecular complexity index is 660. The third kappa shape index (κ3) is 6.16. The Labute approximate surface area is 142 Å². The summed E-state index contributed by atoms with van der Waals surface area (Å²) in [6.07, 6.45) is -4.73. The van der Waals surface area contributed by atoms with Crippen molar-refractivity contribution in [2.75, 3.05) is 11.1 Å². The third-order valence-electron chi connectivity index (χ3n) is 3.11. The molecule has 1 amide bonds. The minimum atomic E-state index is -4.73. The van der Waals surface area contributed by atoms with Crippen molar-refractivity contribution in [2.45, 2.75) is 18.5 Å². The van der Waals surface area contributed by atoms with E-state index in [0.717, 1.165) is 17.7 Å². The van der Waals surface area contributed by atoms with Gasteiger partial charge in [-0.25, -0.2) is 0 Å². The molecule has 0 heterocycles.